The molecule has 0 spiro atoms. The van der Waals surface area contributed by atoms with Crippen LogP contribution in [0, 0.1) is 10.1 Å². The molecule has 0 aromatic heterocycles. The van der Waals surface area contributed by atoms with Crippen molar-refractivity contribution < 1.29 is 9.72 Å². The van der Waals surface area contributed by atoms with Crippen molar-refractivity contribution in [1.82, 2.24) is 5.32 Å². The molecule has 20 heavy (non-hydrogen) atoms. The van der Waals surface area contributed by atoms with Gasteiger partial charge >= 0.3 is 0 Å². The molecule has 0 saturated carbocycles. The second-order valence-electron chi connectivity index (χ2n) is 4.58. The van der Waals surface area contributed by atoms with E-state index in [0.29, 0.717) is 23.0 Å². The van der Waals surface area contributed by atoms with Crippen molar-refractivity contribution in [3.63, 3.8) is 0 Å². The van der Waals surface area contributed by atoms with Gasteiger partial charge in [0.05, 0.1) is 4.92 Å². The van der Waals surface area contributed by atoms with Crippen LogP contribution >= 0.6 is 11.8 Å². The Morgan fingerprint density at radius 2 is 2.35 bits per heavy atom. The first-order chi connectivity index (χ1) is 9.61. The van der Waals surface area contributed by atoms with Crippen LogP contribution in [0.4, 0.5) is 11.4 Å². The van der Waals surface area contributed by atoms with E-state index in [0.717, 1.165) is 12.2 Å². The van der Waals surface area contributed by atoms with Gasteiger partial charge in [-0.15, -0.1) is 0 Å². The molecule has 1 aromatic rings. The van der Waals surface area contributed by atoms with Gasteiger partial charge < -0.3 is 10.6 Å². The summed E-state index contributed by atoms with van der Waals surface area (Å²) in [6.45, 7) is 0.713. The minimum absolute atomic E-state index is 0.0610. The molecular weight excluding hydrogens is 278 g/mol. The molecule has 7 heteroatoms. The zero-order valence-corrected chi connectivity index (χ0v) is 12.0. The molecule has 2 N–H and O–H groups in total. The molecule has 6 nitrogen and oxygen atoms in total. The fourth-order valence-electron chi connectivity index (χ4n) is 2.15. The average Bonchev–Trinajstić information content (AvgIpc) is 2.97. The minimum atomic E-state index is -0.462. The van der Waals surface area contributed by atoms with Gasteiger partial charge in [0.15, 0.2) is 0 Å². The Labute approximate surface area is 121 Å². The zero-order valence-electron chi connectivity index (χ0n) is 11.2. The number of hydrogen-bond acceptors (Lipinski definition) is 5. The quantitative estimate of drug-likeness (QED) is 0.643. The van der Waals surface area contributed by atoms with E-state index in [4.69, 9.17) is 0 Å². The average molecular weight is 295 g/mol. The predicted molar refractivity (Wildman–Crippen MR) is 80.5 cm³/mol. The van der Waals surface area contributed by atoms with Crippen LogP contribution in [0.3, 0.4) is 0 Å². The van der Waals surface area contributed by atoms with Crippen LogP contribution in [0.5, 0.6) is 0 Å². The first kappa shape index (κ1) is 14.6. The lowest BCUT2D eigenvalue weighted by molar-refractivity contribution is -0.384. The Morgan fingerprint density at radius 3 is 2.95 bits per heavy atom. The van der Waals surface area contributed by atoms with Gasteiger partial charge in [-0.05, 0) is 30.7 Å². The molecule has 1 fully saturated rings. The third-order valence-corrected chi connectivity index (χ3v) is 4.63. The van der Waals surface area contributed by atoms with Crippen LogP contribution in [-0.4, -0.2) is 35.4 Å². The summed E-state index contributed by atoms with van der Waals surface area (Å²) in [6, 6.07) is 4.50. The molecule has 1 saturated heterocycles. The summed E-state index contributed by atoms with van der Waals surface area (Å²) in [5.74, 6) is 0.829. The molecule has 1 amide bonds. The number of nitro benzene ring substituents is 1. The van der Waals surface area contributed by atoms with Crippen molar-refractivity contribution in [3.8, 4) is 0 Å². The van der Waals surface area contributed by atoms with Crippen molar-refractivity contribution in [1.29, 1.82) is 0 Å². The zero-order chi connectivity index (χ0) is 14.5. The lowest BCUT2D eigenvalue weighted by Gasteiger charge is -2.12. The van der Waals surface area contributed by atoms with E-state index >= 15 is 0 Å². The number of carbonyl (C=O) groups is 1. The van der Waals surface area contributed by atoms with Crippen LogP contribution in [0.15, 0.2) is 18.2 Å². The number of nitrogens with one attached hydrogen (secondary N) is 2. The number of nitrogens with zero attached hydrogens (tertiary/aromatic N) is 1. The molecule has 1 aliphatic heterocycles. The molecule has 1 aromatic carbocycles. The Kier molecular flexibility index (Phi) is 4.84. The van der Waals surface area contributed by atoms with E-state index in [1.54, 1.807) is 12.1 Å². The van der Waals surface area contributed by atoms with Gasteiger partial charge in [-0.25, -0.2) is 0 Å². The monoisotopic (exact) mass is 295 g/mol. The molecule has 2 rings (SSSR count). The molecule has 0 aliphatic carbocycles. The topological polar surface area (TPSA) is 84.3 Å². The lowest BCUT2D eigenvalue weighted by Crippen LogP contribution is -2.18. The molecular formula is C13H17N3O3S. The maximum Gasteiger partial charge on any atom is 0.293 e. The maximum absolute atomic E-state index is 11.5. The normalized spacial score (nSPS) is 17.8. The predicted octanol–water partition coefficient (Wildman–Crippen LogP) is 2.26. The smallest absolute Gasteiger partial charge is 0.293 e. The van der Waals surface area contributed by atoms with Crippen molar-refractivity contribution in [3.05, 3.63) is 33.9 Å². The van der Waals surface area contributed by atoms with Gasteiger partial charge in [-0.3, -0.25) is 14.9 Å². The summed E-state index contributed by atoms with van der Waals surface area (Å²) >= 11 is 1.89. The molecule has 0 bridgehead atoms. The lowest BCUT2D eigenvalue weighted by atomic mass is 10.1. The number of amides is 1. The van der Waals surface area contributed by atoms with Crippen LogP contribution in [0.2, 0.25) is 0 Å². The number of hydrogen-bond donors (Lipinski definition) is 2. The SMILES string of the molecule is CNC(=O)c1ccc(NCC2CCCS2)c([N+](=O)[O-])c1. The van der Waals surface area contributed by atoms with Crippen molar-refractivity contribution >= 4 is 29.0 Å². The second-order valence-corrected chi connectivity index (χ2v) is 5.99. The Balaban J connectivity index is 2.14. The van der Waals surface area contributed by atoms with Crippen LogP contribution < -0.4 is 10.6 Å². The first-order valence-electron chi connectivity index (χ1n) is 6.48. The van der Waals surface area contributed by atoms with Crippen molar-refractivity contribution in [2.24, 2.45) is 0 Å². The van der Waals surface area contributed by atoms with E-state index in [1.165, 1.54) is 19.5 Å². The summed E-state index contributed by atoms with van der Waals surface area (Å²) in [4.78, 5) is 22.2. The van der Waals surface area contributed by atoms with Crippen LogP contribution in [0.25, 0.3) is 0 Å². The van der Waals surface area contributed by atoms with Gasteiger partial charge in [0.25, 0.3) is 11.6 Å². The Hall–Kier alpha value is -1.76. The van der Waals surface area contributed by atoms with Gasteiger partial charge in [-0.2, -0.15) is 11.8 Å². The van der Waals surface area contributed by atoms with E-state index in [9.17, 15) is 14.9 Å². The maximum atomic E-state index is 11.5. The number of rotatable bonds is 5. The fraction of sp³-hybridized carbons (Fsp3) is 0.462. The van der Waals surface area contributed by atoms with E-state index in [2.05, 4.69) is 10.6 Å². The van der Waals surface area contributed by atoms with Crippen molar-refractivity contribution in [2.75, 3.05) is 24.7 Å². The van der Waals surface area contributed by atoms with Gasteiger partial charge in [0, 0.05) is 30.5 Å². The molecule has 1 heterocycles. The fourth-order valence-corrected chi connectivity index (χ4v) is 3.35. The summed E-state index contributed by atoms with van der Waals surface area (Å²) in [7, 11) is 1.50. The number of anilines is 1. The summed E-state index contributed by atoms with van der Waals surface area (Å²) in [5, 5.41) is 17.2. The molecule has 0 radical (unpaired) electrons. The third kappa shape index (κ3) is 3.41. The van der Waals surface area contributed by atoms with E-state index in [1.807, 2.05) is 11.8 Å². The van der Waals surface area contributed by atoms with Gasteiger partial charge in [0.1, 0.15) is 5.69 Å². The third-order valence-electron chi connectivity index (χ3n) is 3.23. The first-order valence-corrected chi connectivity index (χ1v) is 7.52. The highest BCUT2D eigenvalue weighted by Gasteiger charge is 2.20. The molecule has 1 atom stereocenters. The minimum Gasteiger partial charge on any atom is -0.378 e. The molecule has 108 valence electrons. The number of nitro groups is 1. The molecule has 1 aliphatic rings. The highest BCUT2D eigenvalue weighted by Crippen LogP contribution is 2.29. The van der Waals surface area contributed by atoms with Gasteiger partial charge in [-0.1, -0.05) is 0 Å². The standard InChI is InChI=1S/C13H17N3O3S/c1-14-13(17)9-4-5-11(12(7-9)16(18)19)15-8-10-3-2-6-20-10/h4-5,7,10,15H,2-3,6,8H2,1H3,(H,14,17). The number of carbonyl (C=O) groups excluding carboxylic acids is 1. The number of benzene rings is 1. The number of thioether (sulfide) groups is 1. The van der Waals surface area contributed by atoms with Crippen LogP contribution in [0.1, 0.15) is 23.2 Å². The summed E-state index contributed by atoms with van der Waals surface area (Å²) in [5.41, 5.74) is 0.698. The second kappa shape index (κ2) is 6.60. The Bertz CT molecular complexity index is 516. The Morgan fingerprint density at radius 1 is 1.55 bits per heavy atom. The van der Waals surface area contributed by atoms with E-state index in [-0.39, 0.29) is 11.6 Å². The summed E-state index contributed by atoms with van der Waals surface area (Å²) in [6.07, 6.45) is 2.34. The highest BCUT2D eigenvalue weighted by molar-refractivity contribution is 8.00. The van der Waals surface area contributed by atoms with Gasteiger partial charge in [0.2, 0.25) is 0 Å². The highest BCUT2D eigenvalue weighted by atomic mass is 32.2. The van der Waals surface area contributed by atoms with E-state index < -0.39 is 4.92 Å². The molecule has 1 unspecified atom stereocenters. The van der Waals surface area contributed by atoms with Crippen molar-refractivity contribution in [2.45, 2.75) is 18.1 Å². The van der Waals surface area contributed by atoms with Crippen LogP contribution in [-0.2, 0) is 0 Å². The summed E-state index contributed by atoms with van der Waals surface area (Å²) < 4.78 is 0. The largest absolute Gasteiger partial charge is 0.378 e.